The van der Waals surface area contributed by atoms with Crippen LogP contribution in [0.3, 0.4) is 0 Å². The first-order valence-electron chi connectivity index (χ1n) is 9.53. The molecule has 0 radical (unpaired) electrons. The number of hydrogen-bond acceptors (Lipinski definition) is 5. The molecule has 5 nitrogen and oxygen atoms in total. The molecular formula is C21H25N3O2. The zero-order valence-electron chi connectivity index (χ0n) is 15.3. The van der Waals surface area contributed by atoms with Crippen molar-refractivity contribution in [2.45, 2.75) is 38.5 Å². The first-order chi connectivity index (χ1) is 12.7. The lowest BCUT2D eigenvalue weighted by molar-refractivity contribution is -0.145. The van der Waals surface area contributed by atoms with Crippen LogP contribution in [-0.4, -0.2) is 36.4 Å². The van der Waals surface area contributed by atoms with Crippen LogP contribution in [0.5, 0.6) is 0 Å². The van der Waals surface area contributed by atoms with Crippen molar-refractivity contribution < 1.29 is 9.53 Å². The molecule has 0 amide bonds. The highest BCUT2D eigenvalue weighted by molar-refractivity contribution is 5.73. The van der Waals surface area contributed by atoms with E-state index in [-0.39, 0.29) is 11.9 Å². The molecule has 1 unspecified atom stereocenters. The maximum Gasteiger partial charge on any atom is 0.310 e. The van der Waals surface area contributed by atoms with Gasteiger partial charge in [-0.1, -0.05) is 12.1 Å². The van der Waals surface area contributed by atoms with Crippen LogP contribution in [-0.2, 0) is 22.4 Å². The van der Waals surface area contributed by atoms with Crippen molar-refractivity contribution in [2.24, 2.45) is 5.92 Å². The van der Waals surface area contributed by atoms with E-state index < -0.39 is 0 Å². The molecule has 1 aliphatic carbocycles. The highest BCUT2D eigenvalue weighted by Crippen LogP contribution is 2.28. The second-order valence-electron chi connectivity index (χ2n) is 7.28. The number of anilines is 1. The molecule has 1 aromatic carbocycles. The highest BCUT2D eigenvalue weighted by Gasteiger charge is 2.27. The van der Waals surface area contributed by atoms with Crippen molar-refractivity contribution in [1.29, 1.82) is 0 Å². The van der Waals surface area contributed by atoms with Crippen molar-refractivity contribution in [1.82, 2.24) is 10.2 Å². The normalized spacial score (nSPS) is 19.7. The summed E-state index contributed by atoms with van der Waals surface area (Å²) < 4.78 is 4.89. The van der Waals surface area contributed by atoms with E-state index in [1.54, 1.807) is 0 Å². The summed E-state index contributed by atoms with van der Waals surface area (Å²) in [6, 6.07) is 10.7. The van der Waals surface area contributed by atoms with Crippen LogP contribution in [0.15, 0.2) is 30.3 Å². The molecule has 2 aliphatic rings. The highest BCUT2D eigenvalue weighted by atomic mass is 16.5. The molecule has 0 bridgehead atoms. The molecule has 2 heterocycles. The van der Waals surface area contributed by atoms with E-state index in [1.165, 1.54) is 37.5 Å². The summed E-state index contributed by atoms with van der Waals surface area (Å²) in [5, 5.41) is 8.89. The maximum atomic E-state index is 11.8. The number of ether oxygens (including phenoxy) is 1. The summed E-state index contributed by atoms with van der Waals surface area (Å²) in [6.07, 6.45) is 6.77. The number of carbonyl (C=O) groups is 1. The average Bonchev–Trinajstić information content (AvgIpc) is 2.73. The summed E-state index contributed by atoms with van der Waals surface area (Å²) in [5.74, 6) is 0.629. The Morgan fingerprint density at radius 1 is 1.08 bits per heavy atom. The van der Waals surface area contributed by atoms with Gasteiger partial charge in [0, 0.05) is 18.7 Å². The van der Waals surface area contributed by atoms with Crippen LogP contribution in [0.25, 0.3) is 11.3 Å². The maximum absolute atomic E-state index is 11.8. The Kier molecular flexibility index (Phi) is 4.87. The van der Waals surface area contributed by atoms with Crippen molar-refractivity contribution in [3.63, 3.8) is 0 Å². The molecule has 4 rings (SSSR count). The Hall–Kier alpha value is -2.43. The molecule has 1 fully saturated rings. The third kappa shape index (κ3) is 3.43. The van der Waals surface area contributed by atoms with Gasteiger partial charge in [0.1, 0.15) is 0 Å². The van der Waals surface area contributed by atoms with E-state index in [1.807, 2.05) is 12.1 Å². The van der Waals surface area contributed by atoms with Gasteiger partial charge in [0.2, 0.25) is 0 Å². The van der Waals surface area contributed by atoms with E-state index in [2.05, 4.69) is 33.3 Å². The fourth-order valence-corrected chi connectivity index (χ4v) is 4.08. The van der Waals surface area contributed by atoms with Gasteiger partial charge in [-0.2, -0.15) is 0 Å². The molecule has 0 spiro atoms. The Labute approximate surface area is 154 Å². The standard InChI is InChI=1S/C21H25N3O2/c1-26-21(25)18-7-4-12-24(14-18)20-11-10-19(22-23-20)17-9-8-15-5-2-3-6-16(15)13-17/h8-11,13,18H,2-7,12,14H2,1H3. The Bertz CT molecular complexity index is 788. The van der Waals surface area contributed by atoms with E-state index in [0.717, 1.165) is 42.9 Å². The fourth-order valence-electron chi connectivity index (χ4n) is 4.08. The largest absolute Gasteiger partial charge is 0.469 e. The molecular weight excluding hydrogens is 326 g/mol. The van der Waals surface area contributed by atoms with E-state index >= 15 is 0 Å². The number of methoxy groups -OCH3 is 1. The zero-order chi connectivity index (χ0) is 17.9. The zero-order valence-corrected chi connectivity index (χ0v) is 15.3. The minimum absolute atomic E-state index is 0.0733. The predicted molar refractivity (Wildman–Crippen MR) is 101 cm³/mol. The summed E-state index contributed by atoms with van der Waals surface area (Å²) in [7, 11) is 1.45. The van der Waals surface area contributed by atoms with Gasteiger partial charge in [0.15, 0.2) is 5.82 Å². The molecule has 5 heteroatoms. The summed E-state index contributed by atoms with van der Waals surface area (Å²) in [4.78, 5) is 13.9. The Balaban J connectivity index is 1.51. The number of carbonyl (C=O) groups excluding carboxylic acids is 1. The molecule has 1 atom stereocenters. The molecule has 0 N–H and O–H groups in total. The summed E-state index contributed by atoms with van der Waals surface area (Å²) in [6.45, 7) is 1.56. The van der Waals surface area contributed by atoms with Crippen molar-refractivity contribution >= 4 is 11.8 Å². The monoisotopic (exact) mass is 351 g/mol. The van der Waals surface area contributed by atoms with Gasteiger partial charge in [-0.15, -0.1) is 10.2 Å². The molecule has 26 heavy (non-hydrogen) atoms. The van der Waals surface area contributed by atoms with Crippen LogP contribution < -0.4 is 4.90 Å². The van der Waals surface area contributed by atoms with E-state index in [4.69, 9.17) is 4.74 Å². The van der Waals surface area contributed by atoms with Crippen LogP contribution in [0.2, 0.25) is 0 Å². The van der Waals surface area contributed by atoms with E-state index in [0.29, 0.717) is 6.54 Å². The molecule has 0 saturated carbocycles. The van der Waals surface area contributed by atoms with Gasteiger partial charge in [-0.05, 0) is 67.9 Å². The van der Waals surface area contributed by atoms with Crippen molar-refractivity contribution in [3.8, 4) is 11.3 Å². The number of aryl methyl sites for hydroxylation is 2. The van der Waals surface area contributed by atoms with Crippen molar-refractivity contribution in [2.75, 3.05) is 25.1 Å². The molecule has 136 valence electrons. The Morgan fingerprint density at radius 2 is 1.92 bits per heavy atom. The number of aromatic nitrogens is 2. The minimum atomic E-state index is -0.131. The molecule has 1 saturated heterocycles. The average molecular weight is 351 g/mol. The molecule has 1 aromatic heterocycles. The summed E-state index contributed by atoms with van der Waals surface area (Å²) >= 11 is 0. The van der Waals surface area contributed by atoms with Crippen LogP contribution in [0.4, 0.5) is 5.82 Å². The van der Waals surface area contributed by atoms with Gasteiger partial charge in [0.05, 0.1) is 18.7 Å². The lowest BCUT2D eigenvalue weighted by Gasteiger charge is -2.31. The molecule has 2 aromatic rings. The number of piperidine rings is 1. The Morgan fingerprint density at radius 3 is 2.69 bits per heavy atom. The van der Waals surface area contributed by atoms with Crippen LogP contribution >= 0.6 is 0 Å². The number of rotatable bonds is 3. The smallest absolute Gasteiger partial charge is 0.310 e. The van der Waals surface area contributed by atoms with Crippen molar-refractivity contribution in [3.05, 3.63) is 41.5 Å². The lowest BCUT2D eigenvalue weighted by atomic mass is 9.90. The SMILES string of the molecule is COC(=O)C1CCCN(c2ccc(-c3ccc4c(c3)CCCC4)nn2)C1. The second-order valence-corrected chi connectivity index (χ2v) is 7.28. The fraction of sp³-hybridized carbons (Fsp3) is 0.476. The topological polar surface area (TPSA) is 55.3 Å². The third-order valence-corrected chi connectivity index (χ3v) is 5.57. The number of esters is 1. The number of hydrogen-bond donors (Lipinski definition) is 0. The minimum Gasteiger partial charge on any atom is -0.469 e. The number of nitrogens with zero attached hydrogens (tertiary/aromatic N) is 3. The third-order valence-electron chi connectivity index (χ3n) is 5.57. The molecule has 1 aliphatic heterocycles. The summed E-state index contributed by atoms with van der Waals surface area (Å²) in [5.41, 5.74) is 4.97. The van der Waals surface area contributed by atoms with Gasteiger partial charge >= 0.3 is 5.97 Å². The first kappa shape index (κ1) is 17.0. The van der Waals surface area contributed by atoms with Gasteiger partial charge in [-0.3, -0.25) is 4.79 Å². The number of benzene rings is 1. The van der Waals surface area contributed by atoms with Gasteiger partial charge < -0.3 is 9.64 Å². The van der Waals surface area contributed by atoms with Gasteiger partial charge in [-0.25, -0.2) is 0 Å². The predicted octanol–water partition coefficient (Wildman–Crippen LogP) is 3.41. The first-order valence-corrected chi connectivity index (χ1v) is 9.53. The van der Waals surface area contributed by atoms with Crippen LogP contribution in [0, 0.1) is 5.92 Å². The van der Waals surface area contributed by atoms with E-state index in [9.17, 15) is 4.79 Å². The lowest BCUT2D eigenvalue weighted by Crippen LogP contribution is -2.39. The quantitative estimate of drug-likeness (QED) is 0.793. The van der Waals surface area contributed by atoms with Gasteiger partial charge in [0.25, 0.3) is 0 Å². The van der Waals surface area contributed by atoms with Crippen LogP contribution in [0.1, 0.15) is 36.8 Å². The number of fused-ring (bicyclic) bond motifs is 1. The second kappa shape index (κ2) is 7.44.